The normalized spacial score (nSPS) is 14.5. The molecule has 4 nitrogen and oxygen atoms in total. The summed E-state index contributed by atoms with van der Waals surface area (Å²) >= 11 is 0. The first-order chi connectivity index (χ1) is 9.11. The van der Waals surface area contributed by atoms with Crippen LogP contribution >= 0.6 is 0 Å². The third-order valence-electron chi connectivity index (χ3n) is 3.23. The van der Waals surface area contributed by atoms with Crippen LogP contribution in [0.4, 0.5) is 0 Å². The second-order valence-electron chi connectivity index (χ2n) is 5.73. The molecule has 4 heteroatoms. The summed E-state index contributed by atoms with van der Waals surface area (Å²) in [6.07, 6.45) is 0.943. The monoisotopic (exact) mass is 265 g/mol. The maximum Gasteiger partial charge on any atom is 0.161 e. The minimum absolute atomic E-state index is 0.0627. The molecule has 1 aromatic carbocycles. The number of aliphatic hydroxyl groups excluding tert-OH is 1. The summed E-state index contributed by atoms with van der Waals surface area (Å²) < 4.78 is 11.1. The Balaban J connectivity index is 1.80. The molecular formula is C15H23NO3. The van der Waals surface area contributed by atoms with Crippen molar-refractivity contribution in [2.24, 2.45) is 5.41 Å². The van der Waals surface area contributed by atoms with Gasteiger partial charge in [-0.05, 0) is 30.7 Å². The van der Waals surface area contributed by atoms with Crippen LogP contribution in [-0.4, -0.2) is 38.0 Å². The Kier molecular flexibility index (Phi) is 4.66. The standard InChI is InChI=1S/C15H23NO3/c1-15(2,11-17)10-16-6-5-12-3-4-13-14(9-12)19-8-7-18-13/h3-4,9,16-17H,5-8,10-11H2,1-2H3. The Morgan fingerprint density at radius 3 is 2.68 bits per heavy atom. The van der Waals surface area contributed by atoms with E-state index in [2.05, 4.69) is 11.4 Å². The highest BCUT2D eigenvalue weighted by atomic mass is 16.6. The van der Waals surface area contributed by atoms with Crippen LogP contribution in [0.25, 0.3) is 0 Å². The lowest BCUT2D eigenvalue weighted by atomic mass is 9.95. The predicted octanol–water partition coefficient (Wildman–Crippen LogP) is 1.61. The van der Waals surface area contributed by atoms with Crippen molar-refractivity contribution in [2.45, 2.75) is 20.3 Å². The Morgan fingerprint density at radius 1 is 1.21 bits per heavy atom. The molecule has 0 bridgehead atoms. The van der Waals surface area contributed by atoms with Crippen molar-refractivity contribution in [3.05, 3.63) is 23.8 Å². The zero-order chi connectivity index (χ0) is 13.7. The molecule has 0 unspecified atom stereocenters. The summed E-state index contributed by atoms with van der Waals surface area (Å²) in [6.45, 7) is 7.25. The van der Waals surface area contributed by atoms with Crippen molar-refractivity contribution in [2.75, 3.05) is 32.9 Å². The highest BCUT2D eigenvalue weighted by Crippen LogP contribution is 2.30. The molecule has 1 heterocycles. The predicted molar refractivity (Wildman–Crippen MR) is 74.9 cm³/mol. The largest absolute Gasteiger partial charge is 0.486 e. The first kappa shape index (κ1) is 14.2. The number of benzene rings is 1. The number of rotatable bonds is 6. The molecule has 2 N–H and O–H groups in total. The average Bonchev–Trinajstić information content (AvgIpc) is 2.43. The number of aliphatic hydroxyl groups is 1. The molecule has 0 radical (unpaired) electrons. The van der Waals surface area contributed by atoms with Crippen LogP contribution in [0.5, 0.6) is 11.5 Å². The molecular weight excluding hydrogens is 242 g/mol. The van der Waals surface area contributed by atoms with Crippen LogP contribution in [0, 0.1) is 5.41 Å². The molecule has 0 amide bonds. The molecule has 2 rings (SSSR count). The molecule has 0 atom stereocenters. The van der Waals surface area contributed by atoms with Gasteiger partial charge in [-0.15, -0.1) is 0 Å². The minimum Gasteiger partial charge on any atom is -0.486 e. The Bertz CT molecular complexity index is 418. The van der Waals surface area contributed by atoms with Gasteiger partial charge in [0, 0.05) is 18.6 Å². The fraction of sp³-hybridized carbons (Fsp3) is 0.600. The van der Waals surface area contributed by atoms with Crippen molar-refractivity contribution in [1.82, 2.24) is 5.32 Å². The Labute approximate surface area is 114 Å². The quantitative estimate of drug-likeness (QED) is 0.767. The molecule has 0 fully saturated rings. The summed E-state index contributed by atoms with van der Waals surface area (Å²) in [7, 11) is 0. The van der Waals surface area contributed by atoms with Crippen molar-refractivity contribution in [1.29, 1.82) is 0 Å². The SMILES string of the molecule is CC(C)(CO)CNCCc1ccc2c(c1)OCCO2. The van der Waals surface area contributed by atoms with E-state index in [0.29, 0.717) is 13.2 Å². The van der Waals surface area contributed by atoms with Gasteiger partial charge in [0.1, 0.15) is 13.2 Å². The van der Waals surface area contributed by atoms with Gasteiger partial charge >= 0.3 is 0 Å². The van der Waals surface area contributed by atoms with Crippen molar-refractivity contribution >= 4 is 0 Å². The van der Waals surface area contributed by atoms with Crippen molar-refractivity contribution < 1.29 is 14.6 Å². The molecule has 19 heavy (non-hydrogen) atoms. The van der Waals surface area contributed by atoms with E-state index in [1.807, 2.05) is 26.0 Å². The van der Waals surface area contributed by atoms with Gasteiger partial charge in [-0.2, -0.15) is 0 Å². The highest BCUT2D eigenvalue weighted by Gasteiger charge is 2.15. The lowest BCUT2D eigenvalue weighted by Crippen LogP contribution is -2.33. The van der Waals surface area contributed by atoms with E-state index in [1.54, 1.807) is 0 Å². The van der Waals surface area contributed by atoms with E-state index in [4.69, 9.17) is 9.47 Å². The zero-order valence-electron chi connectivity index (χ0n) is 11.7. The summed E-state index contributed by atoms with van der Waals surface area (Å²) in [6, 6.07) is 6.10. The topological polar surface area (TPSA) is 50.7 Å². The van der Waals surface area contributed by atoms with Crippen LogP contribution in [0.1, 0.15) is 19.4 Å². The number of hydrogen-bond donors (Lipinski definition) is 2. The lowest BCUT2D eigenvalue weighted by Gasteiger charge is -2.22. The Hall–Kier alpha value is -1.26. The first-order valence-electron chi connectivity index (χ1n) is 6.81. The second kappa shape index (κ2) is 6.26. The summed E-state index contributed by atoms with van der Waals surface area (Å²) in [5, 5.41) is 12.5. The number of fused-ring (bicyclic) bond motifs is 1. The average molecular weight is 265 g/mol. The lowest BCUT2D eigenvalue weighted by molar-refractivity contribution is 0.157. The highest BCUT2D eigenvalue weighted by molar-refractivity contribution is 5.43. The Morgan fingerprint density at radius 2 is 1.95 bits per heavy atom. The van der Waals surface area contributed by atoms with Crippen molar-refractivity contribution in [3.63, 3.8) is 0 Å². The molecule has 1 aliphatic heterocycles. The van der Waals surface area contributed by atoms with Crippen LogP contribution < -0.4 is 14.8 Å². The van der Waals surface area contributed by atoms with Gasteiger partial charge in [0.25, 0.3) is 0 Å². The molecule has 1 aliphatic rings. The van der Waals surface area contributed by atoms with Gasteiger partial charge in [0.2, 0.25) is 0 Å². The number of ether oxygens (including phenoxy) is 2. The van der Waals surface area contributed by atoms with Gasteiger partial charge in [-0.3, -0.25) is 0 Å². The molecule has 0 saturated carbocycles. The molecule has 0 saturated heterocycles. The molecule has 0 spiro atoms. The fourth-order valence-electron chi connectivity index (χ4n) is 1.96. The first-order valence-corrected chi connectivity index (χ1v) is 6.81. The van der Waals surface area contributed by atoms with Gasteiger partial charge < -0.3 is 19.9 Å². The second-order valence-corrected chi connectivity index (χ2v) is 5.73. The van der Waals surface area contributed by atoms with Gasteiger partial charge in [-0.1, -0.05) is 19.9 Å². The van der Waals surface area contributed by atoms with Crippen LogP contribution in [0.15, 0.2) is 18.2 Å². The van der Waals surface area contributed by atoms with E-state index in [1.165, 1.54) is 5.56 Å². The van der Waals surface area contributed by atoms with E-state index in [0.717, 1.165) is 31.0 Å². The summed E-state index contributed by atoms with van der Waals surface area (Å²) in [5.41, 5.74) is 1.17. The van der Waals surface area contributed by atoms with Gasteiger partial charge in [0.05, 0.1) is 0 Å². The van der Waals surface area contributed by atoms with Gasteiger partial charge in [-0.25, -0.2) is 0 Å². The smallest absolute Gasteiger partial charge is 0.161 e. The summed E-state index contributed by atoms with van der Waals surface area (Å²) in [5.74, 6) is 1.68. The number of nitrogens with one attached hydrogen (secondary N) is 1. The summed E-state index contributed by atoms with van der Waals surface area (Å²) in [4.78, 5) is 0. The fourth-order valence-corrected chi connectivity index (χ4v) is 1.96. The molecule has 106 valence electrons. The maximum absolute atomic E-state index is 9.17. The van der Waals surface area contributed by atoms with Crippen LogP contribution in [0.3, 0.4) is 0 Å². The van der Waals surface area contributed by atoms with Crippen LogP contribution in [0.2, 0.25) is 0 Å². The van der Waals surface area contributed by atoms with E-state index in [-0.39, 0.29) is 12.0 Å². The van der Waals surface area contributed by atoms with Crippen molar-refractivity contribution in [3.8, 4) is 11.5 Å². The van der Waals surface area contributed by atoms with E-state index in [9.17, 15) is 5.11 Å². The minimum atomic E-state index is -0.0627. The maximum atomic E-state index is 9.17. The van der Waals surface area contributed by atoms with E-state index >= 15 is 0 Å². The molecule has 0 aromatic heterocycles. The molecule has 0 aliphatic carbocycles. The zero-order valence-corrected chi connectivity index (χ0v) is 11.7. The molecule has 1 aromatic rings. The number of hydrogen-bond acceptors (Lipinski definition) is 4. The van der Waals surface area contributed by atoms with E-state index < -0.39 is 0 Å². The van der Waals surface area contributed by atoms with Gasteiger partial charge in [0.15, 0.2) is 11.5 Å². The third-order valence-corrected chi connectivity index (χ3v) is 3.23. The third kappa shape index (κ3) is 4.11. The van der Waals surface area contributed by atoms with Crippen LogP contribution in [-0.2, 0) is 6.42 Å².